The van der Waals surface area contributed by atoms with Gasteiger partial charge in [0.05, 0.1) is 26.4 Å². The average Bonchev–Trinajstić information content (AvgIpc) is 0.901. The van der Waals surface area contributed by atoms with Crippen LogP contribution in [-0.2, 0) is 65.4 Å². The number of phosphoric acid groups is 2. The van der Waals surface area contributed by atoms with Crippen molar-refractivity contribution in [3.05, 3.63) is 48.6 Å². The number of allylic oxidation sites excluding steroid dienone is 8. The van der Waals surface area contributed by atoms with Crippen molar-refractivity contribution in [1.29, 1.82) is 0 Å². The second-order valence-electron chi connectivity index (χ2n) is 29.9. The molecule has 0 saturated heterocycles. The van der Waals surface area contributed by atoms with E-state index < -0.39 is 97.5 Å². The number of hydrogen-bond acceptors (Lipinski definition) is 15. The van der Waals surface area contributed by atoms with E-state index in [1.807, 2.05) is 12.2 Å². The smallest absolute Gasteiger partial charge is 0.462 e. The second-order valence-corrected chi connectivity index (χ2v) is 32.8. The van der Waals surface area contributed by atoms with Gasteiger partial charge >= 0.3 is 39.5 Å². The molecule has 0 heterocycles. The third-order valence-corrected chi connectivity index (χ3v) is 21.2. The zero-order valence-corrected chi connectivity index (χ0v) is 70.2. The summed E-state index contributed by atoms with van der Waals surface area (Å²) in [6, 6.07) is 0. The molecule has 0 aliphatic carbocycles. The number of ether oxygens (including phenoxy) is 4. The van der Waals surface area contributed by atoms with Gasteiger partial charge < -0.3 is 33.8 Å². The maximum atomic E-state index is 13.1. The molecular weight excluding hydrogens is 1380 g/mol. The lowest BCUT2D eigenvalue weighted by atomic mass is 10.0. The van der Waals surface area contributed by atoms with Crippen LogP contribution >= 0.6 is 15.6 Å². The van der Waals surface area contributed by atoms with Gasteiger partial charge in [0.2, 0.25) is 0 Å². The number of aliphatic hydroxyl groups excluding tert-OH is 1. The first-order valence-electron chi connectivity index (χ1n) is 43.9. The molecule has 0 rings (SSSR count). The number of esters is 4. The van der Waals surface area contributed by atoms with Crippen LogP contribution < -0.4 is 0 Å². The molecule has 2 unspecified atom stereocenters. The van der Waals surface area contributed by atoms with Crippen molar-refractivity contribution in [2.45, 2.75) is 444 Å². The number of carbonyl (C=O) groups excluding carboxylic acids is 4. The molecule has 17 nitrogen and oxygen atoms in total. The maximum absolute atomic E-state index is 13.1. The van der Waals surface area contributed by atoms with E-state index in [9.17, 15) is 43.2 Å². The SMILES string of the molecule is CCCCC/C=C\C/C=C\C/C=C\C/C=C\CCCC(=O)OC[C@H](COP(=O)(O)OC[C@H](O)COP(=O)(O)OC[C@@H](COC(=O)CCCCCCCCCCCCCCCCCCC)OC(=O)CCCCCCCCCCCCCCCCCCC)OC(=O)CCCCCCCCCCCCCCCCC. The largest absolute Gasteiger partial charge is 0.472 e. The summed E-state index contributed by atoms with van der Waals surface area (Å²) >= 11 is 0. The van der Waals surface area contributed by atoms with E-state index in [1.165, 1.54) is 244 Å². The predicted octanol–water partition coefficient (Wildman–Crippen LogP) is 26.0. The first kappa shape index (κ1) is 103. The summed E-state index contributed by atoms with van der Waals surface area (Å²) in [7, 11) is -9.96. The molecule has 3 N–H and O–H groups in total. The molecule has 5 atom stereocenters. The molecular formula is C87H162O17P2. The van der Waals surface area contributed by atoms with Crippen molar-refractivity contribution >= 4 is 39.5 Å². The van der Waals surface area contributed by atoms with Crippen molar-refractivity contribution in [2.75, 3.05) is 39.6 Å². The van der Waals surface area contributed by atoms with Crippen molar-refractivity contribution in [3.8, 4) is 0 Å². The molecule has 622 valence electrons. The molecule has 0 aromatic rings. The molecule has 0 aromatic heterocycles. The third kappa shape index (κ3) is 79.1. The Morgan fingerprint density at radius 3 is 0.745 bits per heavy atom. The second kappa shape index (κ2) is 80.1. The fourth-order valence-electron chi connectivity index (χ4n) is 12.6. The highest BCUT2D eigenvalue weighted by Gasteiger charge is 2.30. The third-order valence-electron chi connectivity index (χ3n) is 19.3. The van der Waals surface area contributed by atoms with Crippen LogP contribution in [0, 0.1) is 0 Å². The predicted molar refractivity (Wildman–Crippen MR) is 437 cm³/mol. The van der Waals surface area contributed by atoms with Crippen molar-refractivity contribution in [3.63, 3.8) is 0 Å². The van der Waals surface area contributed by atoms with E-state index >= 15 is 0 Å². The Hall–Kier alpha value is -2.98. The fraction of sp³-hybridized carbons (Fsp3) is 0.862. The van der Waals surface area contributed by atoms with E-state index in [2.05, 4.69) is 64.2 Å². The molecule has 0 saturated carbocycles. The van der Waals surface area contributed by atoms with E-state index in [1.54, 1.807) is 0 Å². The van der Waals surface area contributed by atoms with Gasteiger partial charge in [-0.15, -0.1) is 0 Å². The lowest BCUT2D eigenvalue weighted by Gasteiger charge is -2.21. The monoisotopic (exact) mass is 1540 g/mol. The summed E-state index contributed by atoms with van der Waals surface area (Å²) in [6.07, 6.45) is 80.7. The Kier molecular flexibility index (Phi) is 77.8. The van der Waals surface area contributed by atoms with Crippen LogP contribution in [0.1, 0.15) is 426 Å². The summed E-state index contributed by atoms with van der Waals surface area (Å²) in [5.41, 5.74) is 0. The van der Waals surface area contributed by atoms with E-state index in [0.717, 1.165) is 96.3 Å². The maximum Gasteiger partial charge on any atom is 0.472 e. The highest BCUT2D eigenvalue weighted by atomic mass is 31.2. The highest BCUT2D eigenvalue weighted by Crippen LogP contribution is 2.45. The normalized spacial score (nSPS) is 14.0. The van der Waals surface area contributed by atoms with Gasteiger partial charge in [-0.3, -0.25) is 37.3 Å². The lowest BCUT2D eigenvalue weighted by Crippen LogP contribution is -2.30. The Morgan fingerprint density at radius 2 is 0.472 bits per heavy atom. The molecule has 0 aliphatic heterocycles. The summed E-state index contributed by atoms with van der Waals surface area (Å²) in [5, 5.41) is 10.7. The minimum atomic E-state index is -4.98. The van der Waals surface area contributed by atoms with Gasteiger partial charge in [0.25, 0.3) is 0 Å². The number of carbonyl (C=O) groups is 4. The molecule has 106 heavy (non-hydrogen) atoms. The van der Waals surface area contributed by atoms with Gasteiger partial charge in [0.1, 0.15) is 19.3 Å². The summed E-state index contributed by atoms with van der Waals surface area (Å²) in [6.45, 7) is 4.93. The lowest BCUT2D eigenvalue weighted by molar-refractivity contribution is -0.161. The first-order chi connectivity index (χ1) is 51.7. The van der Waals surface area contributed by atoms with Gasteiger partial charge in [0.15, 0.2) is 12.2 Å². The van der Waals surface area contributed by atoms with Crippen LogP contribution in [-0.4, -0.2) is 96.7 Å². The Morgan fingerprint density at radius 1 is 0.264 bits per heavy atom. The van der Waals surface area contributed by atoms with E-state index in [-0.39, 0.29) is 25.7 Å². The molecule has 0 radical (unpaired) electrons. The molecule has 19 heteroatoms. The Balaban J connectivity index is 5.35. The van der Waals surface area contributed by atoms with Crippen molar-refractivity contribution < 1.29 is 80.2 Å². The molecule has 0 aliphatic rings. The number of aliphatic hydroxyl groups is 1. The summed E-state index contributed by atoms with van der Waals surface area (Å²) in [5.74, 6) is -2.18. The highest BCUT2D eigenvalue weighted by molar-refractivity contribution is 7.47. The fourth-order valence-corrected chi connectivity index (χ4v) is 14.2. The minimum absolute atomic E-state index is 0.0915. The number of phosphoric ester groups is 2. The minimum Gasteiger partial charge on any atom is -0.462 e. The van der Waals surface area contributed by atoms with Gasteiger partial charge in [-0.1, -0.05) is 385 Å². The number of hydrogen-bond donors (Lipinski definition) is 3. The van der Waals surface area contributed by atoms with Crippen LogP contribution in [0.15, 0.2) is 48.6 Å². The van der Waals surface area contributed by atoms with Gasteiger partial charge in [0, 0.05) is 25.7 Å². The topological polar surface area (TPSA) is 237 Å². The molecule has 0 fully saturated rings. The summed E-state index contributed by atoms with van der Waals surface area (Å²) < 4.78 is 68.8. The molecule has 0 aromatic carbocycles. The molecule has 0 spiro atoms. The summed E-state index contributed by atoms with van der Waals surface area (Å²) in [4.78, 5) is 73.2. The van der Waals surface area contributed by atoms with Gasteiger partial charge in [-0.2, -0.15) is 0 Å². The van der Waals surface area contributed by atoms with Crippen molar-refractivity contribution in [2.24, 2.45) is 0 Å². The Labute approximate surface area is 648 Å². The first-order valence-corrected chi connectivity index (χ1v) is 46.9. The number of unbranched alkanes of at least 4 members (excludes halogenated alkanes) is 50. The zero-order chi connectivity index (χ0) is 77.4. The van der Waals surface area contributed by atoms with Crippen LogP contribution in [0.3, 0.4) is 0 Å². The standard InChI is InChI=1S/C87H162O17P2/c1-5-9-13-17-21-25-29-33-37-40-44-47-51-55-59-63-67-71-84(89)97-77-82(103-86(91)73-69-65-61-57-53-49-43-36-32-28-24-20-16-12-8-4)79-101-105(93,94)99-75-81(88)76-100-106(95,96)102-80-83(104-87(92)74-70-66-62-58-54-50-46-42-39-35-31-27-23-19-15-11-7-3)78-98-85(90)72-68-64-60-56-52-48-45-41-38-34-30-26-22-18-14-10-6-2/h21,25,33,37,44,47,55,59,81-83,88H,5-20,22-24,26-32,34-36,38-43,45-46,48-54,56-58,60-80H2,1-4H3,(H,93,94)(H,95,96)/b25-21-,37-33-,47-44-,59-55-/t81-,82+,83+/m0/s1. The van der Waals surface area contributed by atoms with Crippen LogP contribution in [0.5, 0.6) is 0 Å². The van der Waals surface area contributed by atoms with E-state index in [4.69, 9.17) is 37.0 Å². The molecule has 0 bridgehead atoms. The molecule has 0 amide bonds. The van der Waals surface area contributed by atoms with Gasteiger partial charge in [-0.25, -0.2) is 9.13 Å². The van der Waals surface area contributed by atoms with Crippen LogP contribution in [0.4, 0.5) is 0 Å². The Bertz CT molecular complexity index is 2190. The average molecular weight is 1540 g/mol. The van der Waals surface area contributed by atoms with Gasteiger partial charge in [-0.05, 0) is 64.2 Å². The quantitative estimate of drug-likeness (QED) is 0.0169. The van der Waals surface area contributed by atoms with Crippen molar-refractivity contribution in [1.82, 2.24) is 0 Å². The zero-order valence-electron chi connectivity index (χ0n) is 68.4. The van der Waals surface area contributed by atoms with Crippen LogP contribution in [0.25, 0.3) is 0 Å². The number of rotatable bonds is 84. The van der Waals surface area contributed by atoms with Crippen LogP contribution in [0.2, 0.25) is 0 Å². The van der Waals surface area contributed by atoms with E-state index in [0.29, 0.717) is 32.1 Å².